The fourth-order valence-electron chi connectivity index (χ4n) is 2.12. The van der Waals surface area contributed by atoms with E-state index in [1.165, 1.54) is 14.2 Å². The molecule has 5 nitrogen and oxygen atoms in total. The summed E-state index contributed by atoms with van der Waals surface area (Å²) in [5.74, 6) is 1.07. The molecule has 1 saturated heterocycles. The second-order valence-corrected chi connectivity index (χ2v) is 4.47. The van der Waals surface area contributed by atoms with Gasteiger partial charge in [-0.05, 0) is 18.6 Å². The summed E-state index contributed by atoms with van der Waals surface area (Å²) < 4.78 is 10.3. The van der Waals surface area contributed by atoms with Crippen LogP contribution in [0.1, 0.15) is 23.2 Å². The molecule has 1 aromatic carbocycles. The van der Waals surface area contributed by atoms with Crippen LogP contribution in [0.3, 0.4) is 0 Å². The Morgan fingerprint density at radius 1 is 1.16 bits per heavy atom. The van der Waals surface area contributed by atoms with Crippen molar-refractivity contribution in [2.75, 3.05) is 27.3 Å². The Morgan fingerprint density at radius 3 is 2.32 bits per heavy atom. The highest BCUT2D eigenvalue weighted by Crippen LogP contribution is 2.24. The van der Waals surface area contributed by atoms with Gasteiger partial charge in [0.2, 0.25) is 0 Å². The molecule has 0 atom stereocenters. The Kier molecular flexibility index (Phi) is 4.04. The fraction of sp³-hybridized carbons (Fsp3) is 0.429. The van der Waals surface area contributed by atoms with Gasteiger partial charge in [-0.3, -0.25) is 9.59 Å². The first-order valence-electron chi connectivity index (χ1n) is 6.18. The number of methoxy groups -OCH3 is 2. The second kappa shape index (κ2) is 5.73. The van der Waals surface area contributed by atoms with Gasteiger partial charge in [-0.15, -0.1) is 0 Å². The number of likely N-dealkylation sites (tertiary alicyclic amines) is 1. The number of hydrogen-bond acceptors (Lipinski definition) is 4. The predicted octanol–water partition coefficient (Wildman–Crippen LogP) is 1.51. The number of benzene rings is 1. The molecular weight excluding hydrogens is 246 g/mol. The molecule has 0 aromatic heterocycles. The second-order valence-electron chi connectivity index (χ2n) is 4.47. The summed E-state index contributed by atoms with van der Waals surface area (Å²) in [7, 11) is 3.07. The minimum absolute atomic E-state index is 0.106. The van der Waals surface area contributed by atoms with Crippen molar-refractivity contribution in [1.29, 1.82) is 0 Å². The number of ether oxygens (including phenoxy) is 2. The molecule has 0 saturated carbocycles. The van der Waals surface area contributed by atoms with Crippen molar-refractivity contribution < 1.29 is 19.1 Å². The molecule has 0 spiro atoms. The van der Waals surface area contributed by atoms with Gasteiger partial charge in [0, 0.05) is 24.6 Å². The van der Waals surface area contributed by atoms with Crippen LogP contribution in [-0.4, -0.2) is 43.9 Å². The van der Waals surface area contributed by atoms with E-state index in [-0.39, 0.29) is 18.2 Å². The lowest BCUT2D eigenvalue weighted by molar-refractivity contribution is -0.121. The van der Waals surface area contributed by atoms with Crippen molar-refractivity contribution in [3.63, 3.8) is 0 Å². The number of rotatable bonds is 3. The lowest BCUT2D eigenvalue weighted by Crippen LogP contribution is -2.40. The first-order valence-corrected chi connectivity index (χ1v) is 6.18. The minimum atomic E-state index is -0.162. The molecule has 0 unspecified atom stereocenters. The zero-order chi connectivity index (χ0) is 13.8. The summed E-state index contributed by atoms with van der Waals surface area (Å²) in [5.41, 5.74) is 0.478. The van der Waals surface area contributed by atoms with Gasteiger partial charge < -0.3 is 14.4 Å². The molecule has 1 amide bonds. The summed E-state index contributed by atoms with van der Waals surface area (Å²) >= 11 is 0. The quantitative estimate of drug-likeness (QED) is 0.829. The molecular formula is C14H17NO4. The van der Waals surface area contributed by atoms with Gasteiger partial charge in [-0.2, -0.15) is 0 Å². The largest absolute Gasteiger partial charge is 0.497 e. The molecule has 1 aliphatic rings. The maximum Gasteiger partial charge on any atom is 0.254 e. The third-order valence-electron chi connectivity index (χ3n) is 3.14. The van der Waals surface area contributed by atoms with Gasteiger partial charge in [0.1, 0.15) is 11.5 Å². The third kappa shape index (κ3) is 3.05. The topological polar surface area (TPSA) is 55.8 Å². The van der Waals surface area contributed by atoms with Crippen molar-refractivity contribution >= 4 is 11.7 Å². The van der Waals surface area contributed by atoms with Gasteiger partial charge in [-0.1, -0.05) is 0 Å². The van der Waals surface area contributed by atoms with E-state index >= 15 is 0 Å². The van der Waals surface area contributed by atoms with E-state index in [1.807, 2.05) is 0 Å². The smallest absolute Gasteiger partial charge is 0.254 e. The molecule has 0 radical (unpaired) electrons. The summed E-state index contributed by atoms with van der Waals surface area (Å²) in [6.07, 6.45) is 1.29. The van der Waals surface area contributed by atoms with E-state index in [4.69, 9.17) is 9.47 Å². The Morgan fingerprint density at radius 2 is 1.79 bits per heavy atom. The highest BCUT2D eigenvalue weighted by molar-refractivity contribution is 5.98. The van der Waals surface area contributed by atoms with Gasteiger partial charge >= 0.3 is 0 Å². The van der Waals surface area contributed by atoms with Crippen molar-refractivity contribution in [2.24, 2.45) is 0 Å². The van der Waals surface area contributed by atoms with Crippen LogP contribution in [0, 0.1) is 0 Å². The summed E-state index contributed by atoms with van der Waals surface area (Å²) in [6.45, 7) is 0.808. The summed E-state index contributed by atoms with van der Waals surface area (Å²) in [6, 6.07) is 5.02. The monoisotopic (exact) mass is 263 g/mol. The lowest BCUT2D eigenvalue weighted by atomic mass is 10.1. The highest BCUT2D eigenvalue weighted by atomic mass is 16.5. The van der Waals surface area contributed by atoms with Crippen LogP contribution < -0.4 is 9.47 Å². The average molecular weight is 263 g/mol. The van der Waals surface area contributed by atoms with E-state index in [0.29, 0.717) is 30.0 Å². The van der Waals surface area contributed by atoms with Crippen molar-refractivity contribution in [3.05, 3.63) is 23.8 Å². The zero-order valence-electron chi connectivity index (χ0n) is 11.1. The Balaban J connectivity index is 2.24. The minimum Gasteiger partial charge on any atom is -0.497 e. The molecule has 102 valence electrons. The number of amides is 1. The number of Topliss-reactive ketones (excluding diaryl/α,β-unsaturated/α-hetero) is 1. The van der Waals surface area contributed by atoms with Crippen LogP contribution in [0.4, 0.5) is 0 Å². The number of carbonyl (C=O) groups excluding carboxylic acids is 2. The third-order valence-corrected chi connectivity index (χ3v) is 3.14. The van der Waals surface area contributed by atoms with E-state index < -0.39 is 0 Å². The van der Waals surface area contributed by atoms with E-state index in [2.05, 4.69) is 0 Å². The van der Waals surface area contributed by atoms with Crippen LogP contribution in [0.5, 0.6) is 11.5 Å². The molecule has 1 aromatic rings. The molecule has 1 heterocycles. The maximum atomic E-state index is 12.3. The molecule has 0 bridgehead atoms. The van der Waals surface area contributed by atoms with Gasteiger partial charge in [0.05, 0.1) is 20.8 Å². The maximum absolute atomic E-state index is 12.3. The molecule has 0 aliphatic carbocycles. The van der Waals surface area contributed by atoms with Crippen LogP contribution in [0.15, 0.2) is 18.2 Å². The first-order chi connectivity index (χ1) is 9.13. The normalized spacial score (nSPS) is 15.3. The van der Waals surface area contributed by atoms with E-state index in [0.717, 1.165) is 6.42 Å². The molecule has 5 heteroatoms. The predicted molar refractivity (Wildman–Crippen MR) is 69.7 cm³/mol. The Labute approximate surface area is 112 Å². The van der Waals surface area contributed by atoms with Crippen LogP contribution in [0.25, 0.3) is 0 Å². The SMILES string of the molecule is COc1cc(OC)cc(C(=O)N2CCCC(=O)C2)c1. The number of carbonyl (C=O) groups is 2. The highest BCUT2D eigenvalue weighted by Gasteiger charge is 2.23. The zero-order valence-corrected chi connectivity index (χ0v) is 11.1. The Bertz CT molecular complexity index is 476. The number of piperidine rings is 1. The fourth-order valence-corrected chi connectivity index (χ4v) is 2.12. The van der Waals surface area contributed by atoms with Gasteiger partial charge in [0.25, 0.3) is 5.91 Å². The molecule has 1 aliphatic heterocycles. The van der Waals surface area contributed by atoms with E-state index in [9.17, 15) is 9.59 Å². The molecule has 1 fully saturated rings. The lowest BCUT2D eigenvalue weighted by Gasteiger charge is -2.26. The van der Waals surface area contributed by atoms with Crippen LogP contribution in [0.2, 0.25) is 0 Å². The molecule has 2 rings (SSSR count). The summed E-state index contributed by atoms with van der Waals surface area (Å²) in [4.78, 5) is 25.3. The van der Waals surface area contributed by atoms with E-state index in [1.54, 1.807) is 23.1 Å². The first kappa shape index (κ1) is 13.4. The average Bonchev–Trinajstić information content (AvgIpc) is 2.45. The standard InChI is InChI=1S/C14H17NO4/c1-18-12-6-10(7-13(8-12)19-2)14(17)15-5-3-4-11(16)9-15/h6-8H,3-5,9H2,1-2H3. The van der Waals surface area contributed by atoms with Crippen molar-refractivity contribution in [3.8, 4) is 11.5 Å². The number of hydrogen-bond donors (Lipinski definition) is 0. The van der Waals surface area contributed by atoms with Gasteiger partial charge in [-0.25, -0.2) is 0 Å². The van der Waals surface area contributed by atoms with Crippen LogP contribution in [-0.2, 0) is 4.79 Å². The number of nitrogens with zero attached hydrogens (tertiary/aromatic N) is 1. The van der Waals surface area contributed by atoms with Crippen LogP contribution >= 0.6 is 0 Å². The molecule has 0 N–H and O–H groups in total. The van der Waals surface area contributed by atoms with Crippen molar-refractivity contribution in [2.45, 2.75) is 12.8 Å². The van der Waals surface area contributed by atoms with Crippen molar-refractivity contribution in [1.82, 2.24) is 4.90 Å². The molecule has 19 heavy (non-hydrogen) atoms. The Hall–Kier alpha value is -2.04. The van der Waals surface area contributed by atoms with Gasteiger partial charge in [0.15, 0.2) is 5.78 Å². The summed E-state index contributed by atoms with van der Waals surface area (Å²) in [5, 5.41) is 0. The number of ketones is 1.